The molecule has 4 aliphatic rings. The van der Waals surface area contributed by atoms with E-state index in [0.29, 0.717) is 36.8 Å². The monoisotopic (exact) mass is 562 g/mol. The summed E-state index contributed by atoms with van der Waals surface area (Å²) in [5, 5.41) is 0. The number of ketones is 2. The first-order chi connectivity index (χ1) is 17.3. The van der Waals surface area contributed by atoms with E-state index in [-0.39, 0.29) is 23.4 Å². The van der Waals surface area contributed by atoms with Gasteiger partial charge in [0.1, 0.15) is 0 Å². The number of benzene rings is 1. The van der Waals surface area contributed by atoms with Crippen LogP contribution in [0.4, 0.5) is 0 Å². The minimum absolute atomic E-state index is 0.105. The molecule has 38 heavy (non-hydrogen) atoms. The molecule has 5 rings (SSSR count). The molecular formula is C28H34O8S2. The summed E-state index contributed by atoms with van der Waals surface area (Å²) in [6.45, 7) is 7.58. The Kier molecular flexibility index (Phi) is 5.91. The predicted octanol–water partition coefficient (Wildman–Crippen LogP) is 4.24. The van der Waals surface area contributed by atoms with Crippen LogP contribution in [-0.2, 0) is 29.8 Å². The molecule has 8 nitrogen and oxygen atoms in total. The largest absolute Gasteiger partial charge is 0.294 e. The smallest absolute Gasteiger partial charge is 0.265 e. The molecule has 4 aliphatic carbocycles. The van der Waals surface area contributed by atoms with Gasteiger partial charge >= 0.3 is 0 Å². The van der Waals surface area contributed by atoms with Gasteiger partial charge in [-0.05, 0) is 71.6 Å². The molecule has 2 N–H and O–H groups in total. The average Bonchev–Trinajstić information content (AvgIpc) is 3.27. The Morgan fingerprint density at radius 1 is 0.711 bits per heavy atom. The summed E-state index contributed by atoms with van der Waals surface area (Å²) in [4.78, 5) is 26.9. The highest BCUT2D eigenvalue weighted by atomic mass is 32.2. The van der Waals surface area contributed by atoms with E-state index in [1.54, 1.807) is 12.2 Å². The molecule has 1 aromatic carbocycles. The van der Waals surface area contributed by atoms with E-state index in [9.17, 15) is 35.5 Å². The summed E-state index contributed by atoms with van der Waals surface area (Å²) in [5.74, 6) is -1.80. The van der Waals surface area contributed by atoms with Crippen LogP contribution in [0.3, 0.4) is 0 Å². The van der Waals surface area contributed by atoms with E-state index in [4.69, 9.17) is 0 Å². The molecule has 4 saturated carbocycles. The fourth-order valence-corrected chi connectivity index (χ4v) is 10.8. The molecule has 0 amide bonds. The van der Waals surface area contributed by atoms with Crippen LogP contribution < -0.4 is 0 Å². The van der Waals surface area contributed by atoms with Gasteiger partial charge in [-0.15, -0.1) is 0 Å². The highest BCUT2D eigenvalue weighted by Gasteiger charge is 2.68. The van der Waals surface area contributed by atoms with Gasteiger partial charge in [-0.1, -0.05) is 52.0 Å². The van der Waals surface area contributed by atoms with Crippen molar-refractivity contribution in [3.8, 4) is 0 Å². The summed E-state index contributed by atoms with van der Waals surface area (Å²) in [6, 6.07) is 7.33. The Hall–Kier alpha value is -2.14. The van der Waals surface area contributed by atoms with E-state index in [1.807, 2.05) is 52.0 Å². The third-order valence-electron chi connectivity index (χ3n) is 10.5. The fourth-order valence-electron chi connectivity index (χ4n) is 8.23. The molecule has 10 heteroatoms. The predicted molar refractivity (Wildman–Crippen MR) is 143 cm³/mol. The van der Waals surface area contributed by atoms with Gasteiger partial charge in [0.05, 0.1) is 22.3 Å². The van der Waals surface area contributed by atoms with Crippen molar-refractivity contribution in [1.29, 1.82) is 0 Å². The van der Waals surface area contributed by atoms with Gasteiger partial charge in [0, 0.05) is 11.1 Å². The van der Waals surface area contributed by atoms with Crippen molar-refractivity contribution >= 4 is 44.0 Å². The number of hydrogen-bond acceptors (Lipinski definition) is 6. The highest BCUT2D eigenvalue weighted by Crippen LogP contribution is 2.67. The Labute approximate surface area is 224 Å². The Balaban J connectivity index is 1.44. The number of carbonyl (C=O) groups is 2. The van der Waals surface area contributed by atoms with Crippen molar-refractivity contribution in [1.82, 2.24) is 0 Å². The SMILES string of the molecule is CC1(C)[C@@H]2CC[C@@]1(CS(=O)(=O)O)C(=O)/C2=C\c1ccc(/C=C2/C(=O)[C@]3(CS(=O)(=O)O)CC[C@H]2C3(C)C)cc1. The van der Waals surface area contributed by atoms with Gasteiger partial charge in [-0.2, -0.15) is 16.8 Å². The zero-order valence-electron chi connectivity index (χ0n) is 22.0. The summed E-state index contributed by atoms with van der Waals surface area (Å²) in [5.41, 5.74) is -0.762. The molecule has 4 bridgehead atoms. The zero-order valence-corrected chi connectivity index (χ0v) is 23.7. The highest BCUT2D eigenvalue weighted by molar-refractivity contribution is 7.86. The molecular weight excluding hydrogens is 528 g/mol. The molecule has 4 fully saturated rings. The molecule has 0 aromatic heterocycles. The molecule has 0 spiro atoms. The molecule has 4 atom stereocenters. The van der Waals surface area contributed by atoms with E-state index >= 15 is 0 Å². The standard InChI is InChI=1S/C28H34O8S2/c1-25(2)21-9-11-27(25,15-37(31,32)33)23(29)19(21)13-17-5-7-18(8-6-17)14-20-22-10-12-28(24(20)30,26(22,3)4)16-38(34,35)36/h5-8,13-14,21-22H,9-12,15-16H2,1-4H3,(H,31,32,33)(H,34,35,36)/b19-13-,20-14+/t21-,22-,27-,28-/m1/s1. The molecule has 0 radical (unpaired) electrons. The van der Waals surface area contributed by atoms with Crippen LogP contribution in [-0.4, -0.2) is 49.0 Å². The third kappa shape index (κ3) is 3.82. The Morgan fingerprint density at radius 3 is 1.32 bits per heavy atom. The third-order valence-corrected chi connectivity index (χ3v) is 12.2. The maximum Gasteiger partial charge on any atom is 0.265 e. The van der Waals surface area contributed by atoms with Crippen LogP contribution in [0, 0.1) is 33.5 Å². The first kappa shape index (κ1) is 27.4. The molecule has 0 aliphatic heterocycles. The van der Waals surface area contributed by atoms with E-state index < -0.39 is 53.4 Å². The lowest BCUT2D eigenvalue weighted by Crippen LogP contribution is -2.42. The number of Topliss-reactive ketones (excluding diaryl/α,β-unsaturated/α-hetero) is 2. The van der Waals surface area contributed by atoms with Gasteiger partial charge in [-0.25, -0.2) is 0 Å². The number of hydrogen-bond donors (Lipinski definition) is 2. The van der Waals surface area contributed by atoms with Crippen LogP contribution in [0.2, 0.25) is 0 Å². The second kappa shape index (κ2) is 8.19. The van der Waals surface area contributed by atoms with E-state index in [2.05, 4.69) is 0 Å². The molecule has 206 valence electrons. The topological polar surface area (TPSA) is 143 Å². The molecule has 0 heterocycles. The Morgan fingerprint density at radius 2 is 1.03 bits per heavy atom. The second-order valence-electron chi connectivity index (χ2n) is 12.8. The van der Waals surface area contributed by atoms with Crippen molar-refractivity contribution in [3.63, 3.8) is 0 Å². The summed E-state index contributed by atoms with van der Waals surface area (Å²) in [6.07, 6.45) is 5.80. The lowest BCUT2D eigenvalue weighted by Gasteiger charge is -2.34. The zero-order chi connectivity index (χ0) is 28.1. The van der Waals surface area contributed by atoms with Crippen molar-refractivity contribution in [2.45, 2.75) is 53.4 Å². The molecule has 0 unspecified atom stereocenters. The van der Waals surface area contributed by atoms with Gasteiger partial charge in [-0.3, -0.25) is 18.7 Å². The molecule has 0 saturated heterocycles. The lowest BCUT2D eigenvalue weighted by atomic mass is 9.70. The number of fused-ring (bicyclic) bond motifs is 4. The molecule has 1 aromatic rings. The maximum atomic E-state index is 13.4. The normalized spacial score (nSPS) is 35.6. The second-order valence-corrected chi connectivity index (χ2v) is 15.7. The fraction of sp³-hybridized carbons (Fsp3) is 0.571. The Bertz CT molecular complexity index is 1400. The van der Waals surface area contributed by atoms with Crippen LogP contribution in [0.15, 0.2) is 35.4 Å². The average molecular weight is 563 g/mol. The van der Waals surface area contributed by atoms with Gasteiger partial charge in [0.15, 0.2) is 11.6 Å². The van der Waals surface area contributed by atoms with Gasteiger partial charge in [0.2, 0.25) is 0 Å². The van der Waals surface area contributed by atoms with Gasteiger partial charge < -0.3 is 0 Å². The van der Waals surface area contributed by atoms with E-state index in [1.165, 1.54) is 0 Å². The number of allylic oxidation sites excluding steroid dienone is 2. The van der Waals surface area contributed by atoms with Crippen molar-refractivity contribution < 1.29 is 35.5 Å². The minimum atomic E-state index is -4.33. The van der Waals surface area contributed by atoms with Crippen molar-refractivity contribution in [3.05, 3.63) is 46.5 Å². The van der Waals surface area contributed by atoms with Gasteiger partial charge in [0.25, 0.3) is 20.2 Å². The number of rotatable bonds is 6. The first-order valence-electron chi connectivity index (χ1n) is 12.9. The van der Waals surface area contributed by atoms with E-state index in [0.717, 1.165) is 11.1 Å². The van der Waals surface area contributed by atoms with Crippen LogP contribution in [0.25, 0.3) is 12.2 Å². The quantitative estimate of drug-likeness (QED) is 0.387. The lowest BCUT2D eigenvalue weighted by molar-refractivity contribution is -0.125. The summed E-state index contributed by atoms with van der Waals surface area (Å²) in [7, 11) is -8.66. The maximum absolute atomic E-state index is 13.4. The first-order valence-corrected chi connectivity index (χ1v) is 16.1. The summed E-state index contributed by atoms with van der Waals surface area (Å²) >= 11 is 0. The van der Waals surface area contributed by atoms with Crippen LogP contribution in [0.1, 0.15) is 64.5 Å². The minimum Gasteiger partial charge on any atom is -0.294 e. The number of carbonyl (C=O) groups excluding carboxylic acids is 2. The van der Waals surface area contributed by atoms with Crippen molar-refractivity contribution in [2.24, 2.45) is 33.5 Å². The van der Waals surface area contributed by atoms with Crippen LogP contribution in [0.5, 0.6) is 0 Å². The summed E-state index contributed by atoms with van der Waals surface area (Å²) < 4.78 is 66.1. The van der Waals surface area contributed by atoms with Crippen molar-refractivity contribution in [2.75, 3.05) is 11.5 Å². The van der Waals surface area contributed by atoms with Crippen LogP contribution >= 0.6 is 0 Å².